The number of amides is 1. The summed E-state index contributed by atoms with van der Waals surface area (Å²) < 4.78 is 27.9. The Labute approximate surface area is 179 Å². The summed E-state index contributed by atoms with van der Waals surface area (Å²) in [5, 5.41) is 7.12. The molecule has 156 valence electrons. The van der Waals surface area contributed by atoms with Crippen LogP contribution < -0.4 is 10.5 Å². The number of rotatable bonds is 6. The van der Waals surface area contributed by atoms with Crippen LogP contribution in [0, 0.1) is 6.92 Å². The van der Waals surface area contributed by atoms with Crippen LogP contribution in [-0.4, -0.2) is 29.5 Å². The fraction of sp³-hybridized carbons (Fsp3) is 0.0455. The van der Waals surface area contributed by atoms with Crippen molar-refractivity contribution in [1.82, 2.24) is 15.2 Å². The highest BCUT2D eigenvalue weighted by Gasteiger charge is 2.17. The smallest absolute Gasteiger partial charge is 0.261 e. The van der Waals surface area contributed by atoms with Crippen molar-refractivity contribution in [1.29, 1.82) is 0 Å². The number of anilines is 1. The van der Waals surface area contributed by atoms with Gasteiger partial charge in [-0.1, -0.05) is 36.4 Å². The average molecular weight is 433 g/mol. The van der Waals surface area contributed by atoms with Crippen LogP contribution in [0.5, 0.6) is 0 Å². The van der Waals surface area contributed by atoms with Gasteiger partial charge in [0.05, 0.1) is 4.90 Å². The fourth-order valence-corrected chi connectivity index (χ4v) is 4.14. The van der Waals surface area contributed by atoms with Gasteiger partial charge in [0.15, 0.2) is 11.6 Å². The third kappa shape index (κ3) is 4.31. The van der Waals surface area contributed by atoms with Crippen molar-refractivity contribution in [3.63, 3.8) is 0 Å². The predicted octanol–water partition coefficient (Wildman–Crippen LogP) is 3.35. The summed E-state index contributed by atoms with van der Waals surface area (Å²) >= 11 is 0. The highest BCUT2D eigenvalue weighted by atomic mass is 32.2. The molecule has 0 saturated heterocycles. The number of nitrogens with two attached hydrogens (primary N) is 1. The van der Waals surface area contributed by atoms with E-state index in [1.807, 2.05) is 30.3 Å². The maximum Gasteiger partial charge on any atom is 0.261 e. The topological polar surface area (TPSA) is 131 Å². The summed E-state index contributed by atoms with van der Waals surface area (Å²) in [5.74, 6) is 0.462. The van der Waals surface area contributed by atoms with Crippen molar-refractivity contribution in [2.75, 3.05) is 4.72 Å². The van der Waals surface area contributed by atoms with E-state index in [9.17, 15) is 13.2 Å². The first-order chi connectivity index (χ1) is 14.8. The number of aromatic nitrogens is 3. The van der Waals surface area contributed by atoms with Gasteiger partial charge in [-0.25, -0.2) is 13.4 Å². The molecule has 31 heavy (non-hydrogen) atoms. The molecule has 0 unspecified atom stereocenters. The van der Waals surface area contributed by atoms with Crippen LogP contribution in [0.2, 0.25) is 0 Å². The number of primary amides is 1. The Bertz CT molecular complexity index is 1350. The van der Waals surface area contributed by atoms with Crippen LogP contribution in [0.15, 0.2) is 77.7 Å². The molecule has 0 fully saturated rings. The van der Waals surface area contributed by atoms with Gasteiger partial charge in [0.1, 0.15) is 0 Å². The molecule has 4 rings (SSSR count). The number of hydrogen-bond donors (Lipinski definition) is 3. The van der Waals surface area contributed by atoms with Gasteiger partial charge in [-0.15, -0.1) is 0 Å². The van der Waals surface area contributed by atoms with Gasteiger partial charge >= 0.3 is 0 Å². The first-order valence-electron chi connectivity index (χ1n) is 9.35. The second-order valence-electron chi connectivity index (χ2n) is 6.90. The minimum Gasteiger partial charge on any atom is -0.366 e. The third-order valence-electron chi connectivity index (χ3n) is 4.71. The molecule has 0 radical (unpaired) electrons. The van der Waals surface area contributed by atoms with E-state index in [2.05, 4.69) is 19.9 Å². The Kier molecular flexibility index (Phi) is 5.26. The Morgan fingerprint density at radius 3 is 2.35 bits per heavy atom. The summed E-state index contributed by atoms with van der Waals surface area (Å²) in [6.07, 6.45) is 0. The lowest BCUT2D eigenvalue weighted by Gasteiger charge is -2.10. The maximum atomic E-state index is 12.7. The van der Waals surface area contributed by atoms with E-state index >= 15 is 0 Å². The number of nitrogens with zero attached hydrogens (tertiary/aromatic N) is 2. The van der Waals surface area contributed by atoms with Crippen molar-refractivity contribution < 1.29 is 13.2 Å². The summed E-state index contributed by atoms with van der Waals surface area (Å²) in [5.41, 5.74) is 8.11. The minimum atomic E-state index is -3.89. The first kappa shape index (κ1) is 20.3. The molecule has 0 bridgehead atoms. The van der Waals surface area contributed by atoms with Crippen molar-refractivity contribution in [3.05, 3.63) is 83.9 Å². The lowest BCUT2D eigenvalue weighted by atomic mass is 10.1. The molecular weight excluding hydrogens is 414 g/mol. The van der Waals surface area contributed by atoms with Crippen LogP contribution in [0.25, 0.3) is 22.8 Å². The SMILES string of the molecule is Cc1ccc(S(=O)(=O)Nc2ccc(-c3nc(-c4ccccc4)n[nH]3)cc2)cc1C(N)=O. The van der Waals surface area contributed by atoms with E-state index in [1.165, 1.54) is 12.1 Å². The van der Waals surface area contributed by atoms with Crippen molar-refractivity contribution in [2.45, 2.75) is 11.8 Å². The van der Waals surface area contributed by atoms with E-state index in [0.717, 1.165) is 11.1 Å². The van der Waals surface area contributed by atoms with Crippen LogP contribution >= 0.6 is 0 Å². The molecule has 0 aliphatic carbocycles. The molecule has 8 nitrogen and oxygen atoms in total. The molecule has 0 aliphatic rings. The fourth-order valence-electron chi connectivity index (χ4n) is 3.05. The Morgan fingerprint density at radius 1 is 0.968 bits per heavy atom. The Balaban J connectivity index is 1.54. The summed E-state index contributed by atoms with van der Waals surface area (Å²) in [6, 6.07) is 20.5. The normalized spacial score (nSPS) is 11.3. The second-order valence-corrected chi connectivity index (χ2v) is 8.58. The summed E-state index contributed by atoms with van der Waals surface area (Å²) in [4.78, 5) is 16.0. The van der Waals surface area contributed by atoms with E-state index in [0.29, 0.717) is 22.9 Å². The molecule has 4 N–H and O–H groups in total. The molecular formula is C22H19N5O3S. The quantitative estimate of drug-likeness (QED) is 0.429. The highest BCUT2D eigenvalue weighted by Crippen LogP contribution is 2.23. The number of nitrogens with one attached hydrogen (secondary N) is 2. The summed E-state index contributed by atoms with van der Waals surface area (Å²) in [6.45, 7) is 1.69. The minimum absolute atomic E-state index is 0.0429. The molecule has 1 heterocycles. The third-order valence-corrected chi connectivity index (χ3v) is 6.09. The van der Waals surface area contributed by atoms with E-state index in [-0.39, 0.29) is 10.5 Å². The maximum absolute atomic E-state index is 12.7. The predicted molar refractivity (Wildman–Crippen MR) is 118 cm³/mol. The van der Waals surface area contributed by atoms with Crippen molar-refractivity contribution in [2.24, 2.45) is 5.73 Å². The zero-order valence-corrected chi connectivity index (χ0v) is 17.3. The van der Waals surface area contributed by atoms with Gasteiger partial charge in [-0.2, -0.15) is 5.10 Å². The number of carbonyl (C=O) groups is 1. The lowest BCUT2D eigenvalue weighted by molar-refractivity contribution is 0.0999. The molecule has 1 amide bonds. The monoisotopic (exact) mass is 433 g/mol. The Morgan fingerprint density at radius 2 is 1.68 bits per heavy atom. The zero-order valence-electron chi connectivity index (χ0n) is 16.5. The highest BCUT2D eigenvalue weighted by molar-refractivity contribution is 7.92. The first-order valence-corrected chi connectivity index (χ1v) is 10.8. The molecule has 1 aromatic heterocycles. The largest absolute Gasteiger partial charge is 0.366 e. The summed E-state index contributed by atoms with van der Waals surface area (Å²) in [7, 11) is -3.89. The van der Waals surface area contributed by atoms with Gasteiger partial charge in [0.25, 0.3) is 10.0 Å². The number of carbonyl (C=O) groups excluding carboxylic acids is 1. The molecule has 0 spiro atoms. The van der Waals surface area contributed by atoms with Crippen LogP contribution in [-0.2, 0) is 10.0 Å². The lowest BCUT2D eigenvalue weighted by Crippen LogP contribution is -2.17. The molecule has 0 atom stereocenters. The van der Waals surface area contributed by atoms with E-state index < -0.39 is 15.9 Å². The van der Waals surface area contributed by atoms with Gasteiger partial charge in [0.2, 0.25) is 5.91 Å². The average Bonchev–Trinajstić information content (AvgIpc) is 3.25. The van der Waals surface area contributed by atoms with Crippen LogP contribution in [0.4, 0.5) is 5.69 Å². The standard InChI is InChI=1S/C22H19N5O3S/c1-14-7-12-18(13-19(14)20(23)28)31(29,30)27-17-10-8-16(9-11-17)22-24-21(25-26-22)15-5-3-2-4-6-15/h2-13,27H,1H3,(H2,23,28)(H,24,25,26). The van der Waals surface area contributed by atoms with Gasteiger partial charge in [0, 0.05) is 22.4 Å². The van der Waals surface area contributed by atoms with Gasteiger partial charge in [-0.3, -0.25) is 14.6 Å². The number of aromatic amines is 1. The van der Waals surface area contributed by atoms with Crippen LogP contribution in [0.1, 0.15) is 15.9 Å². The number of aryl methyl sites for hydroxylation is 1. The van der Waals surface area contributed by atoms with Crippen molar-refractivity contribution >= 4 is 21.6 Å². The molecule has 3 aromatic carbocycles. The van der Waals surface area contributed by atoms with Crippen LogP contribution in [0.3, 0.4) is 0 Å². The number of hydrogen-bond acceptors (Lipinski definition) is 5. The molecule has 9 heteroatoms. The Hall–Kier alpha value is -3.98. The number of H-pyrrole nitrogens is 1. The molecule has 0 aliphatic heterocycles. The van der Waals surface area contributed by atoms with E-state index in [4.69, 9.17) is 5.73 Å². The molecule has 0 saturated carbocycles. The number of sulfonamides is 1. The van der Waals surface area contributed by atoms with Crippen molar-refractivity contribution in [3.8, 4) is 22.8 Å². The number of benzene rings is 3. The molecule has 4 aromatic rings. The second kappa shape index (κ2) is 8.04. The van der Waals surface area contributed by atoms with Gasteiger partial charge in [-0.05, 0) is 48.9 Å². The van der Waals surface area contributed by atoms with E-state index in [1.54, 1.807) is 37.3 Å². The van der Waals surface area contributed by atoms with Gasteiger partial charge < -0.3 is 5.73 Å². The zero-order chi connectivity index (χ0) is 22.0.